The number of hydrogen-bond donors (Lipinski definition) is 1. The van der Waals surface area contributed by atoms with Crippen molar-refractivity contribution in [3.8, 4) is 0 Å². The second kappa shape index (κ2) is 4.96. The lowest BCUT2D eigenvalue weighted by atomic mass is 10.3. The highest BCUT2D eigenvalue weighted by atomic mass is 15.3. The van der Waals surface area contributed by atoms with Gasteiger partial charge in [0.25, 0.3) is 0 Å². The quantitative estimate of drug-likeness (QED) is 0.583. The van der Waals surface area contributed by atoms with Gasteiger partial charge in [-0.25, -0.2) is 0 Å². The van der Waals surface area contributed by atoms with Gasteiger partial charge < -0.3 is 5.32 Å². The molecule has 3 nitrogen and oxygen atoms in total. The first-order valence-electron chi connectivity index (χ1n) is 4.93. The van der Waals surface area contributed by atoms with E-state index >= 15 is 0 Å². The minimum Gasteiger partial charge on any atom is -0.308 e. The van der Waals surface area contributed by atoms with Gasteiger partial charge in [0.05, 0.1) is 11.4 Å². The smallest absolute Gasteiger partial charge is 0.0597 e. The van der Waals surface area contributed by atoms with E-state index in [1.54, 1.807) is 0 Å². The Morgan fingerprint density at radius 2 is 2.29 bits per heavy atom. The van der Waals surface area contributed by atoms with E-state index in [0.29, 0.717) is 0 Å². The Morgan fingerprint density at radius 1 is 1.57 bits per heavy atom. The van der Waals surface area contributed by atoms with Crippen molar-refractivity contribution in [2.75, 3.05) is 6.54 Å². The van der Waals surface area contributed by atoms with Crippen molar-refractivity contribution >= 4 is 0 Å². The third-order valence-electron chi connectivity index (χ3n) is 2.06. The van der Waals surface area contributed by atoms with E-state index < -0.39 is 0 Å². The van der Waals surface area contributed by atoms with Gasteiger partial charge in [0.2, 0.25) is 0 Å². The minimum atomic E-state index is 0.876. The van der Waals surface area contributed by atoms with Gasteiger partial charge in [0.15, 0.2) is 0 Å². The summed E-state index contributed by atoms with van der Waals surface area (Å²) in [5, 5.41) is 7.64. The predicted octanol–water partition coefficient (Wildman–Crippen LogP) is 1.78. The van der Waals surface area contributed by atoms with Crippen LogP contribution in [0, 0.1) is 6.92 Å². The van der Waals surface area contributed by atoms with Crippen LogP contribution in [0.5, 0.6) is 0 Å². The van der Waals surface area contributed by atoms with Gasteiger partial charge in [-0.1, -0.05) is 11.6 Å². The van der Waals surface area contributed by atoms with Crippen LogP contribution in [0.2, 0.25) is 0 Å². The summed E-state index contributed by atoms with van der Waals surface area (Å²) < 4.78 is 1.92. The van der Waals surface area contributed by atoms with Crippen molar-refractivity contribution in [2.45, 2.75) is 27.3 Å². The lowest BCUT2D eigenvalue weighted by Gasteiger charge is -2.02. The fourth-order valence-corrected chi connectivity index (χ4v) is 1.31. The molecule has 0 spiro atoms. The molecule has 0 saturated carbocycles. The molecule has 0 aliphatic heterocycles. The van der Waals surface area contributed by atoms with Crippen LogP contribution in [0.25, 0.3) is 0 Å². The molecule has 1 rings (SSSR count). The van der Waals surface area contributed by atoms with Crippen molar-refractivity contribution in [3.63, 3.8) is 0 Å². The maximum atomic E-state index is 4.29. The van der Waals surface area contributed by atoms with Crippen LogP contribution in [0.4, 0.5) is 0 Å². The number of allylic oxidation sites excluding steroid dienone is 1. The Labute approximate surface area is 85.8 Å². The molecule has 0 bridgehead atoms. The Bertz CT molecular complexity index is 319. The molecule has 0 amide bonds. The second-order valence-electron chi connectivity index (χ2n) is 3.81. The third kappa shape index (κ3) is 3.34. The number of rotatable bonds is 4. The van der Waals surface area contributed by atoms with Crippen molar-refractivity contribution < 1.29 is 0 Å². The van der Waals surface area contributed by atoms with Crippen molar-refractivity contribution in [3.05, 3.63) is 29.1 Å². The molecule has 0 aliphatic carbocycles. The van der Waals surface area contributed by atoms with Gasteiger partial charge >= 0.3 is 0 Å². The van der Waals surface area contributed by atoms with E-state index in [1.807, 2.05) is 18.7 Å². The average molecular weight is 193 g/mol. The lowest BCUT2D eigenvalue weighted by molar-refractivity contribution is 0.651. The standard InChI is InChI=1S/C11H19N3/c1-9(2)5-6-12-8-11-7-10(3)13-14(11)4/h5,7,12H,6,8H2,1-4H3. The van der Waals surface area contributed by atoms with Crippen molar-refractivity contribution in [2.24, 2.45) is 7.05 Å². The molecule has 1 aromatic heterocycles. The van der Waals surface area contributed by atoms with E-state index in [1.165, 1.54) is 11.3 Å². The van der Waals surface area contributed by atoms with Gasteiger partial charge in [0, 0.05) is 20.1 Å². The monoisotopic (exact) mass is 193 g/mol. The maximum absolute atomic E-state index is 4.29. The summed E-state index contributed by atoms with van der Waals surface area (Å²) >= 11 is 0. The van der Waals surface area contributed by atoms with Crippen molar-refractivity contribution in [1.29, 1.82) is 0 Å². The summed E-state index contributed by atoms with van der Waals surface area (Å²) in [5.41, 5.74) is 3.65. The summed E-state index contributed by atoms with van der Waals surface area (Å²) in [6, 6.07) is 2.11. The number of aromatic nitrogens is 2. The summed E-state index contributed by atoms with van der Waals surface area (Å²) in [4.78, 5) is 0. The highest BCUT2D eigenvalue weighted by Crippen LogP contribution is 2.00. The van der Waals surface area contributed by atoms with Crippen molar-refractivity contribution in [1.82, 2.24) is 15.1 Å². The molecule has 0 aromatic carbocycles. The second-order valence-corrected chi connectivity index (χ2v) is 3.81. The topological polar surface area (TPSA) is 29.9 Å². The van der Waals surface area contributed by atoms with Gasteiger partial charge in [0.1, 0.15) is 0 Å². The highest BCUT2D eigenvalue weighted by molar-refractivity contribution is 5.08. The zero-order chi connectivity index (χ0) is 10.6. The molecule has 78 valence electrons. The first-order chi connectivity index (χ1) is 6.59. The molecular formula is C11H19N3. The van der Waals surface area contributed by atoms with E-state index in [9.17, 15) is 0 Å². The zero-order valence-electron chi connectivity index (χ0n) is 9.46. The maximum Gasteiger partial charge on any atom is 0.0597 e. The van der Waals surface area contributed by atoms with Gasteiger partial charge in [-0.2, -0.15) is 5.10 Å². The van der Waals surface area contributed by atoms with E-state index in [-0.39, 0.29) is 0 Å². The molecule has 0 aliphatic rings. The van der Waals surface area contributed by atoms with Crippen LogP contribution in [0.1, 0.15) is 25.2 Å². The molecule has 1 N–H and O–H groups in total. The van der Waals surface area contributed by atoms with Gasteiger partial charge in [-0.15, -0.1) is 0 Å². The lowest BCUT2D eigenvalue weighted by Crippen LogP contribution is -2.15. The first kappa shape index (κ1) is 11.0. The SMILES string of the molecule is CC(C)=CCNCc1cc(C)nn1C. The fourth-order valence-electron chi connectivity index (χ4n) is 1.31. The molecule has 1 heterocycles. The van der Waals surface area contributed by atoms with E-state index in [0.717, 1.165) is 18.8 Å². The summed E-state index contributed by atoms with van der Waals surface area (Å²) in [5.74, 6) is 0. The van der Waals surface area contributed by atoms with Gasteiger partial charge in [-0.05, 0) is 26.8 Å². The Balaban J connectivity index is 2.38. The summed E-state index contributed by atoms with van der Waals surface area (Å²) in [7, 11) is 1.98. The molecule has 1 aromatic rings. The third-order valence-corrected chi connectivity index (χ3v) is 2.06. The molecule has 0 saturated heterocycles. The van der Waals surface area contributed by atoms with Crippen LogP contribution in [-0.2, 0) is 13.6 Å². The number of nitrogens with zero attached hydrogens (tertiary/aromatic N) is 2. The Morgan fingerprint density at radius 3 is 2.79 bits per heavy atom. The molecule has 14 heavy (non-hydrogen) atoms. The zero-order valence-corrected chi connectivity index (χ0v) is 9.46. The largest absolute Gasteiger partial charge is 0.308 e. The van der Waals surface area contributed by atoms with Crippen LogP contribution >= 0.6 is 0 Å². The van der Waals surface area contributed by atoms with E-state index in [4.69, 9.17) is 0 Å². The minimum absolute atomic E-state index is 0.876. The van der Waals surface area contributed by atoms with E-state index in [2.05, 4.69) is 36.4 Å². The Kier molecular flexibility index (Phi) is 3.89. The number of nitrogens with one attached hydrogen (secondary N) is 1. The highest BCUT2D eigenvalue weighted by Gasteiger charge is 1.99. The Hall–Kier alpha value is -1.09. The molecule has 0 atom stereocenters. The van der Waals surface area contributed by atoms with Crippen LogP contribution in [-0.4, -0.2) is 16.3 Å². The summed E-state index contributed by atoms with van der Waals surface area (Å²) in [6.45, 7) is 8.03. The molecular weight excluding hydrogens is 174 g/mol. The summed E-state index contributed by atoms with van der Waals surface area (Å²) in [6.07, 6.45) is 2.18. The molecule has 0 unspecified atom stereocenters. The number of hydrogen-bond acceptors (Lipinski definition) is 2. The predicted molar refractivity (Wildman–Crippen MR) is 59.1 cm³/mol. The first-order valence-corrected chi connectivity index (χ1v) is 4.93. The van der Waals surface area contributed by atoms with Crippen LogP contribution in [0.3, 0.4) is 0 Å². The number of aryl methyl sites for hydroxylation is 2. The van der Waals surface area contributed by atoms with Crippen LogP contribution in [0.15, 0.2) is 17.7 Å². The molecule has 0 fully saturated rings. The average Bonchev–Trinajstić information content (AvgIpc) is 2.39. The van der Waals surface area contributed by atoms with Crippen LogP contribution < -0.4 is 5.32 Å². The molecule has 3 heteroatoms. The molecule has 0 radical (unpaired) electrons. The van der Waals surface area contributed by atoms with Gasteiger partial charge in [-0.3, -0.25) is 4.68 Å². The fraction of sp³-hybridized carbons (Fsp3) is 0.545. The normalized spacial score (nSPS) is 10.3.